The number of aliphatic carboxylic acids is 1. The van der Waals surface area contributed by atoms with Gasteiger partial charge in [0, 0.05) is 6.54 Å². The molecule has 4 nitrogen and oxygen atoms in total. The van der Waals surface area contributed by atoms with E-state index in [0.717, 1.165) is 26.1 Å². The molecule has 1 heterocycles. The number of likely N-dealkylation sites (tertiary alicyclic amines) is 1. The monoisotopic (exact) mass is 224 g/mol. The zero-order valence-electron chi connectivity index (χ0n) is 9.83. The van der Waals surface area contributed by atoms with Crippen LogP contribution in [0.2, 0.25) is 0 Å². The average Bonchev–Trinajstić information content (AvgIpc) is 2.49. The first-order valence-electron chi connectivity index (χ1n) is 5.79. The molecule has 0 bridgehead atoms. The number of rotatable bonds is 4. The van der Waals surface area contributed by atoms with Gasteiger partial charge in [0.05, 0.1) is 6.54 Å². The van der Waals surface area contributed by atoms with E-state index in [0.29, 0.717) is 19.4 Å². The second kappa shape index (κ2) is 5.88. The predicted octanol–water partition coefficient (Wildman–Crippen LogP) is 0.538. The molecule has 0 aromatic carbocycles. The van der Waals surface area contributed by atoms with E-state index >= 15 is 0 Å². The van der Waals surface area contributed by atoms with Crippen molar-refractivity contribution in [2.24, 2.45) is 0 Å². The average molecular weight is 224 g/mol. The lowest BCUT2D eigenvalue weighted by Crippen LogP contribution is -2.52. The van der Waals surface area contributed by atoms with Crippen LogP contribution < -0.4 is 5.32 Å². The van der Waals surface area contributed by atoms with E-state index in [4.69, 9.17) is 6.42 Å². The minimum absolute atomic E-state index is 0.318. The van der Waals surface area contributed by atoms with Gasteiger partial charge >= 0.3 is 5.97 Å². The van der Waals surface area contributed by atoms with Crippen molar-refractivity contribution >= 4 is 5.97 Å². The molecular weight excluding hydrogens is 204 g/mol. The number of hydrogen-bond donors (Lipinski definition) is 2. The van der Waals surface area contributed by atoms with Crippen molar-refractivity contribution in [1.29, 1.82) is 0 Å². The van der Waals surface area contributed by atoms with Crippen LogP contribution >= 0.6 is 0 Å². The van der Waals surface area contributed by atoms with Crippen LogP contribution in [0.15, 0.2) is 0 Å². The summed E-state index contributed by atoms with van der Waals surface area (Å²) >= 11 is 0. The van der Waals surface area contributed by atoms with Crippen LogP contribution in [-0.4, -0.2) is 47.7 Å². The van der Waals surface area contributed by atoms with Crippen molar-refractivity contribution in [2.75, 3.05) is 26.2 Å². The fourth-order valence-corrected chi connectivity index (χ4v) is 2.19. The second-order valence-corrected chi connectivity index (χ2v) is 4.23. The van der Waals surface area contributed by atoms with E-state index in [1.807, 2.05) is 0 Å². The fraction of sp³-hybridized carbons (Fsp3) is 0.750. The number of hydrogen-bond acceptors (Lipinski definition) is 3. The summed E-state index contributed by atoms with van der Waals surface area (Å²) in [5.74, 6) is 1.68. The van der Waals surface area contributed by atoms with Gasteiger partial charge in [0.25, 0.3) is 0 Å². The van der Waals surface area contributed by atoms with Gasteiger partial charge in [0.1, 0.15) is 5.54 Å². The van der Waals surface area contributed by atoms with Crippen LogP contribution in [0.5, 0.6) is 0 Å². The molecule has 2 N–H and O–H groups in total. The van der Waals surface area contributed by atoms with Gasteiger partial charge in [-0.15, -0.1) is 6.42 Å². The van der Waals surface area contributed by atoms with Crippen molar-refractivity contribution in [3.8, 4) is 12.3 Å². The zero-order valence-corrected chi connectivity index (χ0v) is 9.83. The second-order valence-electron chi connectivity index (χ2n) is 4.23. The lowest BCUT2D eigenvalue weighted by atomic mass is 9.90. The zero-order chi connectivity index (χ0) is 12.0. The third-order valence-electron chi connectivity index (χ3n) is 3.32. The molecule has 1 atom stereocenters. The molecule has 1 saturated heterocycles. The summed E-state index contributed by atoms with van der Waals surface area (Å²) in [4.78, 5) is 13.7. The van der Waals surface area contributed by atoms with E-state index < -0.39 is 11.5 Å². The van der Waals surface area contributed by atoms with Gasteiger partial charge < -0.3 is 10.0 Å². The topological polar surface area (TPSA) is 52.6 Å². The van der Waals surface area contributed by atoms with Crippen LogP contribution in [0.25, 0.3) is 0 Å². The highest BCUT2D eigenvalue weighted by Crippen LogP contribution is 2.22. The maximum absolute atomic E-state index is 11.4. The number of carbonyl (C=O) groups is 1. The Balaban J connectivity index is 2.70. The number of carboxylic acids is 1. The standard InChI is InChI=1S/C12H20N2O2/c1-3-8-13-12(11(15)16)6-5-9-14(4-2)10-7-12/h1,13H,4-10H2,2H3,(H,15,16). The third-order valence-corrected chi connectivity index (χ3v) is 3.32. The molecule has 1 rings (SSSR count). The Morgan fingerprint density at radius 3 is 2.88 bits per heavy atom. The molecule has 1 fully saturated rings. The highest BCUT2D eigenvalue weighted by Gasteiger charge is 2.38. The molecule has 0 saturated carbocycles. The summed E-state index contributed by atoms with van der Waals surface area (Å²) in [6.45, 7) is 5.19. The predicted molar refractivity (Wildman–Crippen MR) is 63.2 cm³/mol. The van der Waals surface area contributed by atoms with Crippen LogP contribution in [0.3, 0.4) is 0 Å². The van der Waals surface area contributed by atoms with Crippen molar-refractivity contribution in [1.82, 2.24) is 10.2 Å². The Kier molecular flexibility index (Phi) is 4.78. The van der Waals surface area contributed by atoms with Gasteiger partial charge in [-0.05, 0) is 32.4 Å². The van der Waals surface area contributed by atoms with Gasteiger partial charge in [-0.25, -0.2) is 0 Å². The van der Waals surface area contributed by atoms with Gasteiger partial charge in [-0.3, -0.25) is 10.1 Å². The summed E-state index contributed by atoms with van der Waals surface area (Å²) in [6, 6.07) is 0. The molecular formula is C12H20N2O2. The molecule has 0 radical (unpaired) electrons. The molecule has 16 heavy (non-hydrogen) atoms. The first-order valence-corrected chi connectivity index (χ1v) is 5.79. The van der Waals surface area contributed by atoms with Crippen molar-refractivity contribution in [3.63, 3.8) is 0 Å². The summed E-state index contributed by atoms with van der Waals surface area (Å²) in [6.07, 6.45) is 7.36. The van der Waals surface area contributed by atoms with E-state index in [1.165, 1.54) is 0 Å². The van der Waals surface area contributed by atoms with Gasteiger partial charge in [-0.1, -0.05) is 12.8 Å². The quantitative estimate of drug-likeness (QED) is 0.684. The SMILES string of the molecule is C#CCNC1(C(=O)O)CCCN(CC)CC1. The maximum atomic E-state index is 11.4. The molecule has 1 aliphatic rings. The Hall–Kier alpha value is -1.05. The molecule has 90 valence electrons. The first kappa shape index (κ1) is 13.0. The highest BCUT2D eigenvalue weighted by molar-refractivity contribution is 5.78. The molecule has 1 unspecified atom stereocenters. The molecule has 0 aromatic rings. The van der Waals surface area contributed by atoms with Gasteiger partial charge in [0.15, 0.2) is 0 Å². The fourth-order valence-electron chi connectivity index (χ4n) is 2.19. The van der Waals surface area contributed by atoms with E-state index in [-0.39, 0.29) is 0 Å². The summed E-state index contributed by atoms with van der Waals surface area (Å²) in [7, 11) is 0. The Morgan fingerprint density at radius 2 is 2.31 bits per heavy atom. The van der Waals surface area contributed by atoms with Crippen molar-refractivity contribution < 1.29 is 9.90 Å². The number of terminal acetylenes is 1. The Labute approximate surface area is 97.0 Å². The van der Waals surface area contributed by atoms with E-state index in [1.54, 1.807) is 0 Å². The van der Waals surface area contributed by atoms with Crippen LogP contribution in [-0.2, 0) is 4.79 Å². The highest BCUT2D eigenvalue weighted by atomic mass is 16.4. The molecule has 4 heteroatoms. The molecule has 1 aliphatic heterocycles. The minimum Gasteiger partial charge on any atom is -0.480 e. The number of carboxylic acid groups (broad SMARTS) is 1. The summed E-state index contributed by atoms with van der Waals surface area (Å²) < 4.78 is 0. The Bertz CT molecular complexity index is 285. The lowest BCUT2D eigenvalue weighted by molar-refractivity contribution is -0.145. The molecule has 0 amide bonds. The third kappa shape index (κ3) is 2.97. The van der Waals surface area contributed by atoms with E-state index in [9.17, 15) is 9.90 Å². The largest absolute Gasteiger partial charge is 0.480 e. The lowest BCUT2D eigenvalue weighted by Gasteiger charge is -2.28. The molecule has 0 aliphatic carbocycles. The van der Waals surface area contributed by atoms with Gasteiger partial charge in [-0.2, -0.15) is 0 Å². The summed E-state index contributed by atoms with van der Waals surface area (Å²) in [5.41, 5.74) is -0.823. The van der Waals surface area contributed by atoms with Crippen molar-refractivity contribution in [2.45, 2.75) is 31.7 Å². The smallest absolute Gasteiger partial charge is 0.323 e. The summed E-state index contributed by atoms with van der Waals surface area (Å²) in [5, 5.41) is 12.4. The van der Waals surface area contributed by atoms with Crippen molar-refractivity contribution in [3.05, 3.63) is 0 Å². The van der Waals surface area contributed by atoms with Crippen LogP contribution in [0.4, 0.5) is 0 Å². The molecule has 0 aromatic heterocycles. The maximum Gasteiger partial charge on any atom is 0.323 e. The van der Waals surface area contributed by atoms with Crippen LogP contribution in [0, 0.1) is 12.3 Å². The molecule has 0 spiro atoms. The van der Waals surface area contributed by atoms with Crippen LogP contribution in [0.1, 0.15) is 26.2 Å². The number of nitrogens with zero attached hydrogens (tertiary/aromatic N) is 1. The number of nitrogens with one attached hydrogen (secondary N) is 1. The first-order chi connectivity index (χ1) is 7.64. The normalized spacial score (nSPS) is 27.0. The Morgan fingerprint density at radius 1 is 1.56 bits per heavy atom. The van der Waals surface area contributed by atoms with Gasteiger partial charge in [0.2, 0.25) is 0 Å². The minimum atomic E-state index is -0.823. The van der Waals surface area contributed by atoms with E-state index in [2.05, 4.69) is 23.1 Å².